The van der Waals surface area contributed by atoms with Crippen molar-refractivity contribution in [2.24, 2.45) is 7.05 Å². The molecule has 2 aromatic heterocycles. The molecule has 0 saturated carbocycles. The summed E-state index contributed by atoms with van der Waals surface area (Å²) >= 11 is 0. The fourth-order valence-corrected chi connectivity index (χ4v) is 4.05. The van der Waals surface area contributed by atoms with Crippen LogP contribution in [0.3, 0.4) is 0 Å². The maximum Gasteiger partial charge on any atom is 0.162 e. The Balaban J connectivity index is 0.00000176. The molecule has 4 rings (SSSR count). The maximum absolute atomic E-state index is 9.97. The van der Waals surface area contributed by atoms with Gasteiger partial charge >= 0.3 is 0 Å². The number of anilines is 1. The third-order valence-electron chi connectivity index (χ3n) is 5.90. The number of aromatic nitrogens is 5. The molecule has 0 aliphatic carbocycles. The van der Waals surface area contributed by atoms with Crippen molar-refractivity contribution in [2.75, 3.05) is 38.7 Å². The van der Waals surface area contributed by atoms with Gasteiger partial charge in [-0.1, -0.05) is 31.2 Å². The first-order chi connectivity index (χ1) is 17.5. The third-order valence-corrected chi connectivity index (χ3v) is 5.90. The van der Waals surface area contributed by atoms with Crippen LogP contribution in [0, 0.1) is 13.8 Å². The van der Waals surface area contributed by atoms with Gasteiger partial charge < -0.3 is 25.2 Å². The number of nitrogens with one attached hydrogen (secondary N) is 2. The van der Waals surface area contributed by atoms with Crippen LogP contribution in [0.25, 0.3) is 22.8 Å². The largest absolute Gasteiger partial charge is 0.491 e. The van der Waals surface area contributed by atoms with E-state index in [1.54, 1.807) is 11.7 Å². The molecule has 1 saturated heterocycles. The van der Waals surface area contributed by atoms with Gasteiger partial charge in [-0.3, -0.25) is 0 Å². The number of aryl methyl sites for hydroxylation is 2. The number of aliphatic hydroxyl groups excluding tert-OH is 1. The van der Waals surface area contributed by atoms with Gasteiger partial charge in [0, 0.05) is 44.0 Å². The number of benzene rings is 1. The molecule has 0 bridgehead atoms. The summed E-state index contributed by atoms with van der Waals surface area (Å²) in [5.74, 6) is 2.02. The van der Waals surface area contributed by atoms with E-state index in [1.165, 1.54) is 0 Å². The van der Waals surface area contributed by atoms with Gasteiger partial charge in [-0.2, -0.15) is 0 Å². The smallest absolute Gasteiger partial charge is 0.162 e. The number of rotatable bonds is 9. The van der Waals surface area contributed by atoms with Crippen molar-refractivity contribution in [2.45, 2.75) is 52.7 Å². The molecule has 1 fully saturated rings. The highest BCUT2D eigenvalue weighted by molar-refractivity contribution is 5.71. The van der Waals surface area contributed by atoms with Crippen molar-refractivity contribution < 1.29 is 14.6 Å². The summed E-state index contributed by atoms with van der Waals surface area (Å²) in [6, 6.07) is 7.91. The molecular weight excluding hydrogens is 458 g/mol. The summed E-state index contributed by atoms with van der Waals surface area (Å²) in [5.41, 5.74) is 4.23. The summed E-state index contributed by atoms with van der Waals surface area (Å²) in [4.78, 5) is 9.84. The van der Waals surface area contributed by atoms with Crippen molar-refractivity contribution >= 4 is 5.82 Å². The minimum Gasteiger partial charge on any atom is -0.491 e. The molecule has 10 heteroatoms. The van der Waals surface area contributed by atoms with Gasteiger partial charge in [-0.15, -0.1) is 5.10 Å². The summed E-state index contributed by atoms with van der Waals surface area (Å²) in [7, 11) is 3.66. The van der Waals surface area contributed by atoms with Gasteiger partial charge in [0.2, 0.25) is 0 Å². The van der Waals surface area contributed by atoms with Gasteiger partial charge in [0.05, 0.1) is 11.4 Å². The lowest BCUT2D eigenvalue weighted by atomic mass is 10.1. The van der Waals surface area contributed by atoms with Gasteiger partial charge in [-0.05, 0) is 45.9 Å². The second-order valence-corrected chi connectivity index (χ2v) is 8.60. The first-order valence-electron chi connectivity index (χ1n) is 12.6. The Morgan fingerprint density at radius 1 is 1.19 bits per heavy atom. The van der Waals surface area contributed by atoms with Gasteiger partial charge in [-0.25, -0.2) is 14.6 Å². The molecule has 3 aromatic rings. The van der Waals surface area contributed by atoms with Crippen LogP contribution >= 0.6 is 0 Å². The van der Waals surface area contributed by atoms with Gasteiger partial charge in [0.1, 0.15) is 30.0 Å². The molecule has 0 radical (unpaired) electrons. The van der Waals surface area contributed by atoms with Crippen LogP contribution in [-0.2, 0) is 11.8 Å². The predicted octanol–water partition coefficient (Wildman–Crippen LogP) is 3.13. The second-order valence-electron chi connectivity index (χ2n) is 8.60. The fraction of sp³-hybridized carbons (Fsp3) is 0.538. The maximum atomic E-state index is 9.97. The predicted molar refractivity (Wildman–Crippen MR) is 141 cm³/mol. The van der Waals surface area contributed by atoms with Crippen molar-refractivity contribution in [3.05, 3.63) is 35.5 Å². The van der Waals surface area contributed by atoms with Crippen LogP contribution in [0.15, 0.2) is 24.3 Å². The molecule has 10 nitrogen and oxygen atoms in total. The highest BCUT2D eigenvalue weighted by Gasteiger charge is 2.22. The van der Waals surface area contributed by atoms with E-state index in [4.69, 9.17) is 19.4 Å². The van der Waals surface area contributed by atoms with Gasteiger partial charge in [0.25, 0.3) is 0 Å². The molecule has 1 aliphatic rings. The summed E-state index contributed by atoms with van der Waals surface area (Å²) in [6.45, 7) is 10.1. The number of hydrogen-bond acceptors (Lipinski definition) is 9. The zero-order chi connectivity index (χ0) is 26.1. The number of ether oxygens (including phenoxy) is 2. The van der Waals surface area contributed by atoms with E-state index in [0.29, 0.717) is 18.1 Å². The van der Waals surface area contributed by atoms with E-state index in [1.807, 2.05) is 59.0 Å². The van der Waals surface area contributed by atoms with E-state index in [-0.39, 0.29) is 12.6 Å². The average Bonchev–Trinajstić information content (AvgIpc) is 3.23. The highest BCUT2D eigenvalue weighted by atomic mass is 16.5. The van der Waals surface area contributed by atoms with Crippen molar-refractivity contribution in [3.8, 4) is 28.5 Å². The van der Waals surface area contributed by atoms with Crippen molar-refractivity contribution in [1.29, 1.82) is 0 Å². The molecule has 36 heavy (non-hydrogen) atoms. The first kappa shape index (κ1) is 27.5. The Morgan fingerprint density at radius 2 is 1.94 bits per heavy atom. The summed E-state index contributed by atoms with van der Waals surface area (Å²) in [6.07, 6.45) is 1.27. The van der Waals surface area contributed by atoms with E-state index in [2.05, 4.69) is 20.9 Å². The number of nitrogens with zero attached hydrogens (tertiary/aromatic N) is 5. The van der Waals surface area contributed by atoms with Gasteiger partial charge in [0.15, 0.2) is 5.82 Å². The van der Waals surface area contributed by atoms with Crippen LogP contribution < -0.4 is 15.4 Å². The number of hydrogen-bond donors (Lipinski definition) is 3. The molecule has 196 valence electrons. The fourth-order valence-electron chi connectivity index (χ4n) is 4.05. The minimum absolute atomic E-state index is 0.195. The molecule has 3 N–H and O–H groups in total. The van der Waals surface area contributed by atoms with Crippen LogP contribution in [0.5, 0.6) is 5.75 Å². The van der Waals surface area contributed by atoms with E-state index in [9.17, 15) is 5.11 Å². The van der Waals surface area contributed by atoms with Crippen molar-refractivity contribution in [1.82, 2.24) is 30.3 Å². The summed E-state index contributed by atoms with van der Waals surface area (Å²) < 4.78 is 13.1. The minimum atomic E-state index is -0.591. The number of aliphatic hydroxyl groups is 1. The van der Waals surface area contributed by atoms with Crippen LogP contribution in [0.1, 0.15) is 37.9 Å². The summed E-state index contributed by atoms with van der Waals surface area (Å²) in [5, 5.41) is 24.9. The second kappa shape index (κ2) is 13.3. The van der Waals surface area contributed by atoms with Crippen LogP contribution in [-0.4, -0.2) is 75.6 Å². The zero-order valence-electron chi connectivity index (χ0n) is 22.2. The standard InChI is InChI=1S/C24H33N7O3.C2H6/c1-15-21(22-16(2)29-30-31(22)4)27-24(28-23(15)26-18-8-10-33-11-9-18)17-6-5-7-20(12-17)34-14-19(32)13-25-3;1-2/h5-7,12,18-19,25,32H,8-11,13-14H2,1-4H3,(H,26,27,28);1-2H3. The van der Waals surface area contributed by atoms with E-state index in [0.717, 1.165) is 60.1 Å². The zero-order valence-corrected chi connectivity index (χ0v) is 22.2. The Kier molecular flexibility index (Phi) is 10.2. The Hall–Kier alpha value is -3.08. The lowest BCUT2D eigenvalue weighted by Crippen LogP contribution is -2.29. The average molecular weight is 498 g/mol. The molecule has 1 unspecified atom stereocenters. The normalized spacial score (nSPS) is 14.6. The first-order valence-corrected chi connectivity index (χ1v) is 12.6. The lowest BCUT2D eigenvalue weighted by molar-refractivity contribution is 0.0904. The monoisotopic (exact) mass is 497 g/mol. The highest BCUT2D eigenvalue weighted by Crippen LogP contribution is 2.32. The quantitative estimate of drug-likeness (QED) is 0.410. The topological polar surface area (TPSA) is 119 Å². The molecule has 0 amide bonds. The Bertz CT molecular complexity index is 1090. The Labute approximate surface area is 213 Å². The molecule has 1 aliphatic heterocycles. The molecular formula is C26H39N7O3. The molecule has 3 heterocycles. The molecule has 1 aromatic carbocycles. The van der Waals surface area contributed by atoms with E-state index >= 15 is 0 Å². The third kappa shape index (κ3) is 6.77. The molecule has 0 spiro atoms. The van der Waals surface area contributed by atoms with Crippen LogP contribution in [0.2, 0.25) is 0 Å². The number of likely N-dealkylation sites (N-methyl/N-ethyl adjacent to an activating group) is 1. The Morgan fingerprint density at radius 3 is 2.61 bits per heavy atom. The SMILES string of the molecule is CC.CNCC(O)COc1cccc(-c2nc(NC3CCOCC3)c(C)c(-c3c(C)nnn3C)n2)c1. The van der Waals surface area contributed by atoms with Crippen molar-refractivity contribution in [3.63, 3.8) is 0 Å². The molecule has 1 atom stereocenters. The van der Waals surface area contributed by atoms with Crippen LogP contribution in [0.4, 0.5) is 5.82 Å². The lowest BCUT2D eigenvalue weighted by Gasteiger charge is -2.25. The van der Waals surface area contributed by atoms with E-state index < -0.39 is 6.10 Å².